The number of aliphatic hydroxyl groups is 1. The lowest BCUT2D eigenvalue weighted by Crippen LogP contribution is -2.27. The SMILES string of the molecule is CCc1cc(C)cc(CC)c1C1=C(O)CC(C(C)CS(=O)c2ccc(SC(F)(F)F)cn2)CC1=O. The summed E-state index contributed by atoms with van der Waals surface area (Å²) in [4.78, 5) is 17.1. The molecule has 0 aliphatic heterocycles. The first-order valence-electron chi connectivity index (χ1n) is 11.6. The Morgan fingerprint density at radius 1 is 1.17 bits per heavy atom. The van der Waals surface area contributed by atoms with Gasteiger partial charge in [0, 0.05) is 29.7 Å². The van der Waals surface area contributed by atoms with Crippen LogP contribution in [0.4, 0.5) is 13.2 Å². The van der Waals surface area contributed by atoms with Gasteiger partial charge in [-0.25, -0.2) is 4.98 Å². The molecule has 4 nitrogen and oxygen atoms in total. The maximum Gasteiger partial charge on any atom is 0.446 e. The molecule has 35 heavy (non-hydrogen) atoms. The van der Waals surface area contributed by atoms with Crippen LogP contribution in [0.1, 0.15) is 55.9 Å². The van der Waals surface area contributed by atoms with E-state index in [1.165, 1.54) is 12.1 Å². The Balaban J connectivity index is 1.76. The molecule has 0 saturated carbocycles. The quantitative estimate of drug-likeness (QED) is 0.383. The van der Waals surface area contributed by atoms with Gasteiger partial charge in [-0.1, -0.05) is 38.5 Å². The predicted octanol–water partition coefficient (Wildman–Crippen LogP) is 6.82. The molecule has 3 atom stereocenters. The molecule has 3 unspecified atom stereocenters. The zero-order valence-electron chi connectivity index (χ0n) is 20.2. The van der Waals surface area contributed by atoms with Crippen LogP contribution in [0.2, 0.25) is 0 Å². The van der Waals surface area contributed by atoms with Crippen LogP contribution in [-0.2, 0) is 28.4 Å². The van der Waals surface area contributed by atoms with Gasteiger partial charge in [0.05, 0.1) is 16.4 Å². The summed E-state index contributed by atoms with van der Waals surface area (Å²) in [6.07, 6.45) is 3.13. The van der Waals surface area contributed by atoms with Gasteiger partial charge < -0.3 is 5.11 Å². The number of thioether (sulfide) groups is 1. The second-order valence-corrected chi connectivity index (χ2v) is 11.5. The highest BCUT2D eigenvalue weighted by molar-refractivity contribution is 8.00. The molecule has 0 radical (unpaired) electrons. The number of allylic oxidation sites excluding steroid dienone is 2. The van der Waals surface area contributed by atoms with Gasteiger partial charge in [-0.05, 0) is 72.2 Å². The molecule has 0 amide bonds. The molecular weight excluding hydrogens is 495 g/mol. The molecule has 190 valence electrons. The van der Waals surface area contributed by atoms with Crippen molar-refractivity contribution in [1.82, 2.24) is 4.98 Å². The molecule has 1 heterocycles. The van der Waals surface area contributed by atoms with Crippen LogP contribution in [0.3, 0.4) is 0 Å². The van der Waals surface area contributed by atoms with Gasteiger partial charge in [-0.15, -0.1) is 0 Å². The molecular formula is C26H30F3NO3S2. The van der Waals surface area contributed by atoms with Crippen molar-refractivity contribution in [2.45, 2.75) is 68.8 Å². The normalized spacial score (nSPS) is 18.6. The van der Waals surface area contributed by atoms with Crippen molar-refractivity contribution in [2.24, 2.45) is 11.8 Å². The topological polar surface area (TPSA) is 67.3 Å². The second kappa shape index (κ2) is 11.3. The van der Waals surface area contributed by atoms with E-state index in [-0.39, 0.29) is 57.2 Å². The summed E-state index contributed by atoms with van der Waals surface area (Å²) in [5, 5.41) is 11.2. The minimum atomic E-state index is -4.41. The van der Waals surface area contributed by atoms with Crippen molar-refractivity contribution in [3.8, 4) is 0 Å². The summed E-state index contributed by atoms with van der Waals surface area (Å²) < 4.78 is 50.3. The van der Waals surface area contributed by atoms with Gasteiger partial charge in [-0.3, -0.25) is 9.00 Å². The van der Waals surface area contributed by atoms with Crippen molar-refractivity contribution < 1.29 is 27.3 Å². The van der Waals surface area contributed by atoms with E-state index in [1.54, 1.807) is 0 Å². The summed E-state index contributed by atoms with van der Waals surface area (Å²) in [6, 6.07) is 6.72. The monoisotopic (exact) mass is 525 g/mol. The largest absolute Gasteiger partial charge is 0.512 e. The van der Waals surface area contributed by atoms with Crippen LogP contribution in [0.25, 0.3) is 5.57 Å². The summed E-state index contributed by atoms with van der Waals surface area (Å²) >= 11 is -0.269. The summed E-state index contributed by atoms with van der Waals surface area (Å²) in [6.45, 7) is 7.97. The predicted molar refractivity (Wildman–Crippen MR) is 134 cm³/mol. The van der Waals surface area contributed by atoms with Crippen LogP contribution in [0.5, 0.6) is 0 Å². The van der Waals surface area contributed by atoms with E-state index in [9.17, 15) is 27.3 Å². The van der Waals surface area contributed by atoms with Crippen molar-refractivity contribution in [2.75, 3.05) is 5.75 Å². The minimum Gasteiger partial charge on any atom is -0.512 e. The van der Waals surface area contributed by atoms with Crippen molar-refractivity contribution in [1.29, 1.82) is 0 Å². The number of hydrogen-bond acceptors (Lipinski definition) is 5. The van der Waals surface area contributed by atoms with Gasteiger partial charge in [0.1, 0.15) is 10.8 Å². The van der Waals surface area contributed by atoms with E-state index in [0.717, 1.165) is 41.3 Å². The Labute approximate surface area is 210 Å². The lowest BCUT2D eigenvalue weighted by Gasteiger charge is -2.29. The molecule has 2 aromatic rings. The highest BCUT2D eigenvalue weighted by Crippen LogP contribution is 2.39. The highest BCUT2D eigenvalue weighted by Gasteiger charge is 2.34. The highest BCUT2D eigenvalue weighted by atomic mass is 32.2. The number of nitrogens with zero attached hydrogens (tertiary/aromatic N) is 1. The Morgan fingerprint density at radius 2 is 1.80 bits per heavy atom. The molecule has 1 aromatic heterocycles. The smallest absolute Gasteiger partial charge is 0.446 e. The van der Waals surface area contributed by atoms with E-state index >= 15 is 0 Å². The van der Waals surface area contributed by atoms with Gasteiger partial charge in [0.2, 0.25) is 0 Å². The van der Waals surface area contributed by atoms with Crippen LogP contribution < -0.4 is 0 Å². The van der Waals surface area contributed by atoms with Gasteiger partial charge in [-0.2, -0.15) is 13.2 Å². The lowest BCUT2D eigenvalue weighted by atomic mass is 9.76. The van der Waals surface area contributed by atoms with Crippen LogP contribution >= 0.6 is 11.8 Å². The molecule has 0 fully saturated rings. The van der Waals surface area contributed by atoms with Gasteiger partial charge in [0.15, 0.2) is 5.78 Å². The van der Waals surface area contributed by atoms with E-state index in [4.69, 9.17) is 0 Å². The number of hydrogen-bond donors (Lipinski definition) is 1. The maximum absolute atomic E-state index is 13.2. The third-order valence-corrected chi connectivity index (χ3v) is 8.57. The molecule has 1 aliphatic carbocycles. The Hall–Kier alpha value is -2.13. The fraction of sp³-hybridized carbons (Fsp3) is 0.462. The standard InChI is InChI=1S/C26H30F3NO3S2/c1-5-17-9-15(3)10-18(6-2)24(17)25-21(31)11-19(12-22(25)32)16(4)14-35(33)23-8-7-20(13-30-23)34-26(27,28)29/h7-10,13,16,19,31H,5-6,11-12,14H2,1-4H3. The summed E-state index contributed by atoms with van der Waals surface area (Å²) in [5.41, 5.74) is 0.0534. The average Bonchev–Trinajstić information content (AvgIpc) is 2.78. The number of halogens is 3. The number of aryl methyl sites for hydroxylation is 3. The van der Waals surface area contributed by atoms with Gasteiger partial charge >= 0.3 is 5.51 Å². The zero-order chi connectivity index (χ0) is 25.9. The van der Waals surface area contributed by atoms with E-state index in [2.05, 4.69) is 17.1 Å². The number of benzene rings is 1. The molecule has 1 aromatic carbocycles. The average molecular weight is 526 g/mol. The first-order valence-corrected chi connectivity index (χ1v) is 13.7. The Kier molecular flexibility index (Phi) is 8.86. The fourth-order valence-electron chi connectivity index (χ4n) is 4.59. The van der Waals surface area contributed by atoms with Gasteiger partial charge in [0.25, 0.3) is 0 Å². The van der Waals surface area contributed by atoms with Crippen LogP contribution in [0.15, 0.2) is 46.1 Å². The number of pyridine rings is 1. The number of aromatic nitrogens is 1. The first kappa shape index (κ1) is 27.5. The van der Waals surface area contributed by atoms with E-state index in [1.807, 2.05) is 27.7 Å². The molecule has 1 aliphatic rings. The number of alkyl halides is 3. The number of aliphatic hydroxyl groups excluding tert-OH is 1. The molecule has 1 N–H and O–H groups in total. The third kappa shape index (κ3) is 6.76. The van der Waals surface area contributed by atoms with E-state index in [0.29, 0.717) is 12.0 Å². The zero-order valence-corrected chi connectivity index (χ0v) is 21.9. The molecule has 0 saturated heterocycles. The fourth-order valence-corrected chi connectivity index (χ4v) is 6.41. The molecule has 3 rings (SSSR count). The van der Waals surface area contributed by atoms with Crippen molar-refractivity contribution >= 4 is 33.9 Å². The lowest BCUT2D eigenvalue weighted by molar-refractivity contribution is -0.115. The summed E-state index contributed by atoms with van der Waals surface area (Å²) in [7, 11) is -1.54. The van der Waals surface area contributed by atoms with Crippen LogP contribution in [-0.4, -0.2) is 31.3 Å². The van der Waals surface area contributed by atoms with Crippen molar-refractivity contribution in [3.63, 3.8) is 0 Å². The Morgan fingerprint density at radius 3 is 2.29 bits per heavy atom. The molecule has 0 bridgehead atoms. The molecule has 0 spiro atoms. The summed E-state index contributed by atoms with van der Waals surface area (Å²) in [5.74, 6) is -0.190. The number of Topliss-reactive ketones (excluding diaryl/α,β-unsaturated/α-hetero) is 1. The number of rotatable bonds is 8. The maximum atomic E-state index is 13.2. The first-order chi connectivity index (χ1) is 16.4. The minimum absolute atomic E-state index is 0.0687. The van der Waals surface area contributed by atoms with E-state index < -0.39 is 16.3 Å². The Bertz CT molecular complexity index is 1120. The number of carbonyl (C=O) groups excluding carboxylic acids is 1. The number of carbonyl (C=O) groups is 1. The third-order valence-electron chi connectivity index (χ3n) is 6.32. The number of ketones is 1. The molecule has 9 heteroatoms. The second-order valence-electron chi connectivity index (χ2n) is 8.95. The van der Waals surface area contributed by atoms with Crippen LogP contribution in [0, 0.1) is 18.8 Å². The van der Waals surface area contributed by atoms with Crippen molar-refractivity contribution in [3.05, 3.63) is 58.5 Å².